The van der Waals surface area contributed by atoms with Crippen LogP contribution in [0.3, 0.4) is 0 Å². The summed E-state index contributed by atoms with van der Waals surface area (Å²) < 4.78 is 9.51. The number of anilines is 4. The van der Waals surface area contributed by atoms with Gasteiger partial charge in [0, 0.05) is 72.5 Å². The summed E-state index contributed by atoms with van der Waals surface area (Å²) >= 11 is 0. The molecule has 0 saturated heterocycles. The van der Waals surface area contributed by atoms with E-state index in [4.69, 9.17) is 9.72 Å². The number of hydrogen-bond acceptors (Lipinski definition) is 4. The molecule has 354 valence electrons. The number of fused-ring (bicyclic) bond motifs is 7. The summed E-state index contributed by atoms with van der Waals surface area (Å²) in [5.74, 6) is 2.13. The maximum atomic E-state index is 7.19. The van der Waals surface area contributed by atoms with E-state index in [0.717, 1.165) is 61.9 Å². The van der Waals surface area contributed by atoms with E-state index in [1.165, 1.54) is 48.0 Å². The molecule has 2 aromatic heterocycles. The van der Waals surface area contributed by atoms with Crippen molar-refractivity contribution in [2.24, 2.45) is 0 Å². The quantitative estimate of drug-likeness (QED) is 0.118. The molecule has 0 saturated carbocycles. The molecule has 0 unspecified atom stereocenters. The first kappa shape index (κ1) is 45.2. The van der Waals surface area contributed by atoms with Gasteiger partial charge in [-0.3, -0.25) is 0 Å². The predicted molar refractivity (Wildman–Crippen MR) is 302 cm³/mol. The standard InChI is InChI=1S/C65H48BN4OSi.Pt/c1-65(2,3)45-36-37-67-61(38-45)70-55-32-19-35-59-62(55)63-56(70)40-48(41-60(63)72(59)57-33-15-11-28-51(57)66(4)52-29-12-16-34-58(52)72)71-47-25-17-24-46(39-47)68-42-69(54-31-14-13-30-53(54)68)64-49(43-20-7-5-8-21-43)26-18-27-50(64)44-22-9-6-10-23-44;/h5-38,41-42H,1-4H3;/q-3;. The molecule has 0 fully saturated rings. The van der Waals surface area contributed by atoms with E-state index in [1.807, 2.05) is 12.3 Å². The van der Waals surface area contributed by atoms with Crippen LogP contribution in [0.1, 0.15) is 26.3 Å². The van der Waals surface area contributed by atoms with Crippen LogP contribution in [0, 0.1) is 18.8 Å². The third-order valence-electron chi connectivity index (χ3n) is 15.4. The van der Waals surface area contributed by atoms with Crippen molar-refractivity contribution in [1.29, 1.82) is 0 Å². The first-order valence-corrected chi connectivity index (χ1v) is 26.9. The number of pyridine rings is 1. The zero-order valence-electron chi connectivity index (χ0n) is 40.9. The zero-order valence-corrected chi connectivity index (χ0v) is 44.1. The van der Waals surface area contributed by atoms with Crippen LogP contribution in [0.4, 0.5) is 22.7 Å². The summed E-state index contributed by atoms with van der Waals surface area (Å²) in [5, 5.41) is 8.17. The minimum absolute atomic E-state index is 0. The maximum Gasteiger partial charge on any atom is 0.206 e. The number of rotatable bonds is 7. The van der Waals surface area contributed by atoms with Crippen LogP contribution < -0.4 is 46.2 Å². The first-order chi connectivity index (χ1) is 35.3. The number of benzene rings is 9. The van der Waals surface area contributed by atoms with Crippen molar-refractivity contribution in [3.8, 4) is 39.6 Å². The molecule has 8 heteroatoms. The Morgan fingerprint density at radius 1 is 0.548 bits per heavy atom. The maximum absolute atomic E-state index is 7.19. The average molecular weight is 1140 g/mol. The van der Waals surface area contributed by atoms with Gasteiger partial charge in [-0.05, 0) is 63.0 Å². The van der Waals surface area contributed by atoms with E-state index in [-0.39, 0.29) is 33.2 Å². The van der Waals surface area contributed by atoms with Gasteiger partial charge in [-0.1, -0.05) is 206 Å². The van der Waals surface area contributed by atoms with Crippen LogP contribution in [0.15, 0.2) is 212 Å². The average Bonchev–Trinajstić information content (AvgIpc) is 4.08. The predicted octanol–water partition coefficient (Wildman–Crippen LogP) is 11.9. The second kappa shape index (κ2) is 17.2. The van der Waals surface area contributed by atoms with Crippen molar-refractivity contribution in [3.05, 3.63) is 237 Å². The number of aromatic nitrogens is 2. The van der Waals surface area contributed by atoms with Crippen LogP contribution in [0.25, 0.3) is 49.9 Å². The molecule has 14 rings (SSSR count). The van der Waals surface area contributed by atoms with Gasteiger partial charge in [0.15, 0.2) is 8.07 Å². The molecule has 11 aromatic rings. The molecule has 0 N–H and O–H groups in total. The molecule has 3 aliphatic heterocycles. The molecule has 0 aliphatic carbocycles. The Bertz CT molecular complexity index is 3880. The molecule has 5 nitrogen and oxygen atoms in total. The van der Waals surface area contributed by atoms with Crippen LogP contribution in [-0.2, 0) is 26.5 Å². The minimum atomic E-state index is -2.90. The van der Waals surface area contributed by atoms with E-state index in [0.29, 0.717) is 11.5 Å². The molecule has 0 bridgehead atoms. The monoisotopic (exact) mass is 1130 g/mol. The Balaban J connectivity index is 0.00000516. The van der Waals surface area contributed by atoms with Gasteiger partial charge in [0.05, 0.1) is 0 Å². The minimum Gasteiger partial charge on any atom is -0.509 e. The van der Waals surface area contributed by atoms with Gasteiger partial charge in [-0.2, -0.15) is 6.07 Å². The normalized spacial score (nSPS) is 13.9. The Kier molecular flexibility index (Phi) is 10.7. The van der Waals surface area contributed by atoms with Crippen molar-refractivity contribution >= 4 is 91.0 Å². The second-order valence-electron chi connectivity index (χ2n) is 20.4. The molecule has 9 aromatic carbocycles. The zero-order chi connectivity index (χ0) is 48.3. The molecule has 1 spiro atoms. The Morgan fingerprint density at radius 3 is 1.81 bits per heavy atom. The summed E-state index contributed by atoms with van der Waals surface area (Å²) in [6, 6.07) is 82.5. The fourth-order valence-electron chi connectivity index (χ4n) is 12.2. The summed E-state index contributed by atoms with van der Waals surface area (Å²) in [6.45, 7) is 11.6. The summed E-state index contributed by atoms with van der Waals surface area (Å²) in [7, 11) is -2.90. The molecule has 0 atom stereocenters. The Morgan fingerprint density at radius 2 is 1.14 bits per heavy atom. The molecule has 73 heavy (non-hydrogen) atoms. The third-order valence-corrected chi connectivity index (χ3v) is 20.4. The molecule has 0 amide bonds. The van der Waals surface area contributed by atoms with Crippen LogP contribution in [-0.4, -0.2) is 24.3 Å². The van der Waals surface area contributed by atoms with Gasteiger partial charge in [-0.15, -0.1) is 53.3 Å². The van der Waals surface area contributed by atoms with Gasteiger partial charge in [0.1, 0.15) is 5.82 Å². The number of hydrogen-bond donors (Lipinski definition) is 0. The second-order valence-corrected chi connectivity index (χ2v) is 24.0. The number of ether oxygens (including phenoxy) is 1. The SMILES string of the molecule is CB1c2ccccc2[Si]2(c3ccccc31)c1cc(Oc3[c-]c(N4[CH-]N(c5c(-c6ccccc6)cccc5-c5ccccc5)c5ccccc54)ccc3)[c-]c3c1c1c2cccc1n3-c1cc(C(C)(C)C)ccn1.[Pt]. The number of nitrogens with zero attached hydrogens (tertiary/aromatic N) is 4. The van der Waals surface area contributed by atoms with Crippen molar-refractivity contribution in [3.63, 3.8) is 0 Å². The van der Waals surface area contributed by atoms with E-state index >= 15 is 0 Å². The van der Waals surface area contributed by atoms with Gasteiger partial charge in [0.2, 0.25) is 6.71 Å². The molecule has 5 heterocycles. The summed E-state index contributed by atoms with van der Waals surface area (Å²) in [5.41, 5.74) is 14.8. The first-order valence-electron chi connectivity index (χ1n) is 24.9. The van der Waals surface area contributed by atoms with E-state index < -0.39 is 8.07 Å². The van der Waals surface area contributed by atoms with E-state index in [1.54, 1.807) is 0 Å². The number of para-hydroxylation sites is 3. The van der Waals surface area contributed by atoms with Crippen LogP contribution in [0.2, 0.25) is 6.82 Å². The third kappa shape index (κ3) is 6.82. The fraction of sp³-hybridized carbons (Fsp3) is 0.0769. The van der Waals surface area contributed by atoms with Crippen molar-refractivity contribution in [2.45, 2.75) is 33.0 Å². The molecule has 0 radical (unpaired) electrons. The van der Waals surface area contributed by atoms with Crippen LogP contribution in [0.5, 0.6) is 11.5 Å². The van der Waals surface area contributed by atoms with E-state index in [9.17, 15) is 0 Å². The molecular weight excluding hydrogens is 1090 g/mol. The molecular formula is C65H48BN4OPtSi-3. The van der Waals surface area contributed by atoms with Crippen molar-refractivity contribution in [1.82, 2.24) is 9.55 Å². The fourth-order valence-corrected chi connectivity index (χ4v) is 18.0. The van der Waals surface area contributed by atoms with Gasteiger partial charge in [-0.25, -0.2) is 4.98 Å². The largest absolute Gasteiger partial charge is 0.509 e. The van der Waals surface area contributed by atoms with Crippen LogP contribution >= 0.6 is 0 Å². The topological polar surface area (TPSA) is 33.5 Å². The van der Waals surface area contributed by atoms with Gasteiger partial charge in [0.25, 0.3) is 0 Å². The van der Waals surface area contributed by atoms with Gasteiger partial charge >= 0.3 is 0 Å². The summed E-state index contributed by atoms with van der Waals surface area (Å²) in [4.78, 5) is 9.66. The molecule has 3 aliphatic rings. The van der Waals surface area contributed by atoms with Crippen molar-refractivity contribution in [2.75, 3.05) is 9.80 Å². The van der Waals surface area contributed by atoms with Crippen molar-refractivity contribution < 1.29 is 25.8 Å². The van der Waals surface area contributed by atoms with Gasteiger partial charge < -0.3 is 19.1 Å². The Hall–Kier alpha value is -7.70. The van der Waals surface area contributed by atoms with E-state index in [2.05, 4.69) is 261 Å². The summed E-state index contributed by atoms with van der Waals surface area (Å²) in [6.07, 6.45) is 1.95. The Labute approximate surface area is 442 Å². The smallest absolute Gasteiger partial charge is 0.206 e.